The van der Waals surface area contributed by atoms with Crippen LogP contribution in [-0.4, -0.2) is 29.1 Å². The number of rotatable bonds is 5. The first-order valence-corrected chi connectivity index (χ1v) is 8.46. The Morgan fingerprint density at radius 1 is 1.35 bits per heavy atom. The van der Waals surface area contributed by atoms with Crippen LogP contribution in [0, 0.1) is 5.92 Å². The third kappa shape index (κ3) is 3.24. The standard InChI is InChI=1S/C14H23N3O2S/c1-16-20(18,19)14-9-12(15)7-8-13(14)17(2)10-11-5-3-4-6-11/h7-9,11,16H,3-6,10,15H2,1-2H3. The number of nitrogens with one attached hydrogen (secondary N) is 1. The van der Waals surface area contributed by atoms with E-state index in [-0.39, 0.29) is 4.90 Å². The van der Waals surface area contributed by atoms with Crippen LogP contribution >= 0.6 is 0 Å². The van der Waals surface area contributed by atoms with E-state index in [0.717, 1.165) is 6.54 Å². The van der Waals surface area contributed by atoms with E-state index >= 15 is 0 Å². The van der Waals surface area contributed by atoms with Gasteiger partial charge >= 0.3 is 0 Å². The molecule has 1 aliphatic rings. The van der Waals surface area contributed by atoms with Crippen molar-refractivity contribution < 1.29 is 8.42 Å². The molecule has 0 aliphatic heterocycles. The van der Waals surface area contributed by atoms with E-state index in [1.807, 2.05) is 11.9 Å². The fourth-order valence-electron chi connectivity index (χ4n) is 2.85. The summed E-state index contributed by atoms with van der Waals surface area (Å²) >= 11 is 0. The number of hydrogen-bond acceptors (Lipinski definition) is 4. The van der Waals surface area contributed by atoms with Crippen LogP contribution in [0.25, 0.3) is 0 Å². The molecule has 0 amide bonds. The first-order chi connectivity index (χ1) is 9.44. The predicted molar refractivity (Wildman–Crippen MR) is 82.3 cm³/mol. The lowest BCUT2D eigenvalue weighted by molar-refractivity contribution is 0.544. The molecular formula is C14H23N3O2S. The smallest absolute Gasteiger partial charge is 0.242 e. The Hall–Kier alpha value is -1.27. The summed E-state index contributed by atoms with van der Waals surface area (Å²) in [7, 11) is -0.143. The lowest BCUT2D eigenvalue weighted by atomic mass is 10.1. The summed E-state index contributed by atoms with van der Waals surface area (Å²) in [6, 6.07) is 5.05. The Kier molecular flexibility index (Phi) is 4.55. The molecule has 1 aromatic carbocycles. The molecule has 0 saturated heterocycles. The summed E-state index contributed by atoms with van der Waals surface area (Å²) < 4.78 is 26.6. The maximum Gasteiger partial charge on any atom is 0.242 e. The quantitative estimate of drug-likeness (QED) is 0.813. The fourth-order valence-corrected chi connectivity index (χ4v) is 3.86. The second kappa shape index (κ2) is 6.01. The van der Waals surface area contributed by atoms with E-state index in [4.69, 9.17) is 5.73 Å². The summed E-state index contributed by atoms with van der Waals surface area (Å²) in [6.07, 6.45) is 5.02. The van der Waals surface area contributed by atoms with Crippen LogP contribution in [0.2, 0.25) is 0 Å². The number of nitrogens with zero attached hydrogens (tertiary/aromatic N) is 1. The summed E-state index contributed by atoms with van der Waals surface area (Å²) in [5.41, 5.74) is 6.90. The summed E-state index contributed by atoms with van der Waals surface area (Å²) in [5.74, 6) is 0.655. The minimum Gasteiger partial charge on any atom is -0.399 e. The first kappa shape index (κ1) is 15.1. The van der Waals surface area contributed by atoms with Crippen molar-refractivity contribution in [3.05, 3.63) is 18.2 Å². The Labute approximate surface area is 121 Å². The van der Waals surface area contributed by atoms with E-state index < -0.39 is 10.0 Å². The van der Waals surface area contributed by atoms with Gasteiger partial charge in [-0.15, -0.1) is 0 Å². The van der Waals surface area contributed by atoms with Crippen LogP contribution in [0.3, 0.4) is 0 Å². The minimum absolute atomic E-state index is 0.250. The molecule has 0 bridgehead atoms. The van der Waals surface area contributed by atoms with Crippen LogP contribution in [0.15, 0.2) is 23.1 Å². The minimum atomic E-state index is -3.50. The second-order valence-corrected chi connectivity index (χ2v) is 7.32. The largest absolute Gasteiger partial charge is 0.399 e. The summed E-state index contributed by atoms with van der Waals surface area (Å²) in [5, 5.41) is 0. The van der Waals surface area contributed by atoms with Crippen molar-refractivity contribution in [1.29, 1.82) is 0 Å². The van der Waals surface area contributed by atoms with Gasteiger partial charge in [-0.25, -0.2) is 13.1 Å². The molecule has 1 fully saturated rings. The van der Waals surface area contributed by atoms with Crippen molar-refractivity contribution in [2.45, 2.75) is 30.6 Å². The highest BCUT2D eigenvalue weighted by Gasteiger charge is 2.22. The van der Waals surface area contributed by atoms with Crippen LogP contribution in [0.4, 0.5) is 11.4 Å². The Morgan fingerprint density at radius 2 is 2.00 bits per heavy atom. The van der Waals surface area contributed by atoms with Gasteiger partial charge in [0.2, 0.25) is 10.0 Å². The molecule has 3 N–H and O–H groups in total. The maximum atomic E-state index is 12.1. The zero-order valence-electron chi connectivity index (χ0n) is 12.1. The zero-order chi connectivity index (χ0) is 14.8. The molecule has 1 aliphatic carbocycles. The number of benzene rings is 1. The van der Waals surface area contributed by atoms with Gasteiger partial charge < -0.3 is 10.6 Å². The van der Waals surface area contributed by atoms with Gasteiger partial charge in [-0.05, 0) is 44.0 Å². The van der Waals surface area contributed by atoms with Crippen molar-refractivity contribution in [2.75, 3.05) is 31.3 Å². The van der Waals surface area contributed by atoms with Crippen LogP contribution in [0.5, 0.6) is 0 Å². The fraction of sp³-hybridized carbons (Fsp3) is 0.571. The van der Waals surface area contributed by atoms with E-state index in [1.165, 1.54) is 38.8 Å². The van der Waals surface area contributed by atoms with Gasteiger partial charge in [0.05, 0.1) is 5.69 Å². The van der Waals surface area contributed by atoms with E-state index in [0.29, 0.717) is 17.3 Å². The lowest BCUT2D eigenvalue weighted by Gasteiger charge is -2.25. The van der Waals surface area contributed by atoms with Crippen molar-refractivity contribution in [3.63, 3.8) is 0 Å². The number of anilines is 2. The third-order valence-electron chi connectivity index (χ3n) is 3.96. The highest BCUT2D eigenvalue weighted by Crippen LogP contribution is 2.30. The van der Waals surface area contributed by atoms with Crippen molar-refractivity contribution in [3.8, 4) is 0 Å². The molecule has 0 heterocycles. The van der Waals surface area contributed by atoms with Crippen molar-refractivity contribution in [2.24, 2.45) is 5.92 Å². The predicted octanol–water partition coefficient (Wildman–Crippen LogP) is 1.80. The molecule has 1 aromatic rings. The second-order valence-electron chi connectivity index (χ2n) is 5.47. The first-order valence-electron chi connectivity index (χ1n) is 6.98. The summed E-state index contributed by atoms with van der Waals surface area (Å²) in [4.78, 5) is 2.28. The molecule has 20 heavy (non-hydrogen) atoms. The molecule has 0 radical (unpaired) electrons. The average Bonchev–Trinajstić information content (AvgIpc) is 2.91. The average molecular weight is 297 g/mol. The topological polar surface area (TPSA) is 75.4 Å². The van der Waals surface area contributed by atoms with Gasteiger partial charge in [0.1, 0.15) is 4.90 Å². The zero-order valence-corrected chi connectivity index (χ0v) is 12.9. The van der Waals surface area contributed by atoms with E-state index in [9.17, 15) is 8.42 Å². The van der Waals surface area contributed by atoms with Gasteiger partial charge in [0.15, 0.2) is 0 Å². The Bertz CT molecular complexity index is 566. The van der Waals surface area contributed by atoms with Crippen LogP contribution in [0.1, 0.15) is 25.7 Å². The number of nitrogen functional groups attached to an aromatic ring is 1. The molecule has 0 unspecified atom stereocenters. The SMILES string of the molecule is CNS(=O)(=O)c1cc(N)ccc1N(C)CC1CCCC1. The van der Waals surface area contributed by atoms with Crippen LogP contribution < -0.4 is 15.4 Å². The molecule has 2 rings (SSSR count). The number of hydrogen-bond donors (Lipinski definition) is 2. The third-order valence-corrected chi connectivity index (χ3v) is 5.40. The van der Waals surface area contributed by atoms with Crippen molar-refractivity contribution >= 4 is 21.4 Å². The summed E-state index contributed by atoms with van der Waals surface area (Å²) in [6.45, 7) is 0.885. The number of sulfonamides is 1. The Balaban J connectivity index is 2.30. The van der Waals surface area contributed by atoms with Gasteiger partial charge in [0.25, 0.3) is 0 Å². The molecule has 6 heteroatoms. The highest BCUT2D eigenvalue weighted by atomic mass is 32.2. The lowest BCUT2D eigenvalue weighted by Crippen LogP contribution is -2.28. The van der Waals surface area contributed by atoms with Crippen molar-refractivity contribution in [1.82, 2.24) is 4.72 Å². The van der Waals surface area contributed by atoms with Crippen LogP contribution in [-0.2, 0) is 10.0 Å². The van der Waals surface area contributed by atoms with Gasteiger partial charge in [-0.3, -0.25) is 0 Å². The maximum absolute atomic E-state index is 12.1. The van der Waals surface area contributed by atoms with Gasteiger partial charge in [-0.2, -0.15) is 0 Å². The molecule has 5 nitrogen and oxygen atoms in total. The molecule has 112 valence electrons. The number of nitrogens with two attached hydrogens (primary N) is 1. The normalized spacial score (nSPS) is 16.5. The monoisotopic (exact) mass is 297 g/mol. The van der Waals surface area contributed by atoms with E-state index in [1.54, 1.807) is 12.1 Å². The highest BCUT2D eigenvalue weighted by molar-refractivity contribution is 7.89. The van der Waals surface area contributed by atoms with Gasteiger partial charge in [0, 0.05) is 19.3 Å². The molecule has 0 spiro atoms. The molecule has 0 aromatic heterocycles. The molecular weight excluding hydrogens is 274 g/mol. The van der Waals surface area contributed by atoms with E-state index in [2.05, 4.69) is 4.72 Å². The molecule has 0 atom stereocenters. The molecule has 1 saturated carbocycles. The van der Waals surface area contributed by atoms with Gasteiger partial charge in [-0.1, -0.05) is 12.8 Å². The Morgan fingerprint density at radius 3 is 2.60 bits per heavy atom.